The van der Waals surface area contributed by atoms with Gasteiger partial charge in [-0.3, -0.25) is 9.59 Å². The van der Waals surface area contributed by atoms with Gasteiger partial charge >= 0.3 is 11.8 Å². The number of nitrogens with zero attached hydrogens (tertiary/aromatic N) is 1. The van der Waals surface area contributed by atoms with E-state index in [9.17, 15) is 9.59 Å². The minimum Gasteiger partial charge on any atom is -0.493 e. The first-order valence-corrected chi connectivity index (χ1v) is 10.5. The molecule has 3 aromatic rings. The van der Waals surface area contributed by atoms with Crippen molar-refractivity contribution in [2.24, 2.45) is 5.10 Å². The van der Waals surface area contributed by atoms with Crippen molar-refractivity contribution in [2.45, 2.75) is 20.5 Å². The average Bonchev–Trinajstić information content (AvgIpc) is 2.81. The monoisotopic (exact) mass is 465 g/mol. The number of hydrazone groups is 1. The fourth-order valence-corrected chi connectivity index (χ4v) is 3.18. The normalized spacial score (nSPS) is 10.7. The molecule has 0 aliphatic carbocycles. The molecule has 7 nitrogen and oxygen atoms in total. The minimum absolute atomic E-state index is 0.214. The van der Waals surface area contributed by atoms with Crippen molar-refractivity contribution in [1.82, 2.24) is 5.43 Å². The summed E-state index contributed by atoms with van der Waals surface area (Å²) in [6, 6.07) is 18.1. The Balaban J connectivity index is 1.68. The molecule has 33 heavy (non-hydrogen) atoms. The Morgan fingerprint density at radius 1 is 1.00 bits per heavy atom. The van der Waals surface area contributed by atoms with Crippen LogP contribution in [0.25, 0.3) is 0 Å². The van der Waals surface area contributed by atoms with E-state index in [-0.39, 0.29) is 6.61 Å². The van der Waals surface area contributed by atoms with Crippen molar-refractivity contribution < 1.29 is 19.1 Å². The number of hydrogen-bond donors (Lipinski definition) is 2. The lowest BCUT2D eigenvalue weighted by Crippen LogP contribution is -2.32. The molecule has 0 aliphatic heterocycles. The van der Waals surface area contributed by atoms with Crippen molar-refractivity contribution in [2.75, 3.05) is 12.4 Å². The van der Waals surface area contributed by atoms with E-state index in [4.69, 9.17) is 21.1 Å². The van der Waals surface area contributed by atoms with E-state index in [1.165, 1.54) is 13.3 Å². The van der Waals surface area contributed by atoms with Gasteiger partial charge in [0.05, 0.1) is 13.3 Å². The van der Waals surface area contributed by atoms with E-state index in [2.05, 4.69) is 15.8 Å². The number of para-hydroxylation sites is 1. The summed E-state index contributed by atoms with van der Waals surface area (Å²) in [5.74, 6) is -0.793. The lowest BCUT2D eigenvalue weighted by atomic mass is 10.1. The number of amides is 2. The molecule has 0 saturated heterocycles. The zero-order valence-electron chi connectivity index (χ0n) is 18.5. The highest BCUT2D eigenvalue weighted by Gasteiger charge is 2.15. The summed E-state index contributed by atoms with van der Waals surface area (Å²) >= 11 is 6.21. The summed E-state index contributed by atoms with van der Waals surface area (Å²) in [7, 11) is 1.53. The van der Waals surface area contributed by atoms with Crippen LogP contribution in [0.15, 0.2) is 65.8 Å². The van der Waals surface area contributed by atoms with E-state index in [1.54, 1.807) is 36.4 Å². The topological polar surface area (TPSA) is 89.0 Å². The quantitative estimate of drug-likeness (QED) is 0.302. The number of nitrogens with one attached hydrogen (secondary N) is 2. The molecule has 0 radical (unpaired) electrons. The number of anilines is 1. The van der Waals surface area contributed by atoms with Gasteiger partial charge in [0.25, 0.3) is 0 Å². The summed E-state index contributed by atoms with van der Waals surface area (Å²) in [4.78, 5) is 24.4. The van der Waals surface area contributed by atoms with Crippen LogP contribution in [0.2, 0.25) is 5.02 Å². The molecule has 170 valence electrons. The smallest absolute Gasteiger partial charge is 0.329 e. The first-order valence-electron chi connectivity index (χ1n) is 10.1. The van der Waals surface area contributed by atoms with E-state index in [0.717, 1.165) is 16.7 Å². The van der Waals surface area contributed by atoms with E-state index in [0.29, 0.717) is 27.8 Å². The molecule has 2 N–H and O–H groups in total. The molecule has 0 unspecified atom stereocenters. The Labute approximate surface area is 197 Å². The highest BCUT2D eigenvalue weighted by atomic mass is 35.5. The second kappa shape index (κ2) is 11.2. The maximum absolute atomic E-state index is 12.2. The number of rotatable bonds is 7. The first-order chi connectivity index (χ1) is 15.9. The standard InChI is InChI=1S/C25H24ClN3O4/c1-16-8-6-12-21(17(16)2)28-24(30)25(31)29-27-14-18-10-7-13-22(32-3)23(18)33-15-19-9-4-5-11-20(19)26/h4-14H,15H2,1-3H3,(H,28,30)(H,29,31)/b27-14-. The number of methoxy groups -OCH3 is 1. The third-order valence-corrected chi connectivity index (χ3v) is 5.36. The molecule has 2 amide bonds. The first kappa shape index (κ1) is 23.8. The predicted molar refractivity (Wildman–Crippen MR) is 129 cm³/mol. The summed E-state index contributed by atoms with van der Waals surface area (Å²) in [5, 5.41) is 7.08. The van der Waals surface area contributed by atoms with Crippen molar-refractivity contribution in [3.8, 4) is 11.5 Å². The van der Waals surface area contributed by atoms with Gasteiger partial charge in [-0.2, -0.15) is 5.10 Å². The maximum Gasteiger partial charge on any atom is 0.329 e. The zero-order valence-corrected chi connectivity index (χ0v) is 19.3. The number of ether oxygens (including phenoxy) is 2. The molecule has 0 atom stereocenters. The largest absolute Gasteiger partial charge is 0.493 e. The van der Waals surface area contributed by atoms with Gasteiger partial charge in [-0.1, -0.05) is 48.0 Å². The molecule has 0 aliphatic rings. The third-order valence-electron chi connectivity index (χ3n) is 4.99. The fraction of sp³-hybridized carbons (Fsp3) is 0.160. The molecule has 0 bridgehead atoms. The van der Waals surface area contributed by atoms with E-state index < -0.39 is 11.8 Å². The lowest BCUT2D eigenvalue weighted by molar-refractivity contribution is -0.136. The molecule has 8 heteroatoms. The second-order valence-corrected chi connectivity index (χ2v) is 7.57. The molecule has 3 rings (SSSR count). The van der Waals surface area contributed by atoms with Gasteiger partial charge in [-0.15, -0.1) is 0 Å². The Hall–Kier alpha value is -3.84. The molecule has 0 heterocycles. The van der Waals surface area contributed by atoms with Crippen LogP contribution in [0, 0.1) is 13.8 Å². The van der Waals surface area contributed by atoms with E-state index >= 15 is 0 Å². The van der Waals surface area contributed by atoms with Gasteiger partial charge in [-0.25, -0.2) is 5.43 Å². The maximum atomic E-state index is 12.2. The molecule has 0 saturated carbocycles. The van der Waals surface area contributed by atoms with Crippen molar-refractivity contribution in [3.63, 3.8) is 0 Å². The summed E-state index contributed by atoms with van der Waals surface area (Å²) in [6.45, 7) is 4.01. The Bertz CT molecular complexity index is 1190. The SMILES string of the molecule is COc1cccc(/C=N\NC(=O)C(=O)Nc2cccc(C)c2C)c1OCc1ccccc1Cl. The molecular weight excluding hydrogens is 442 g/mol. The summed E-state index contributed by atoms with van der Waals surface area (Å²) in [5.41, 5.74) is 6.06. The predicted octanol–water partition coefficient (Wildman–Crippen LogP) is 4.63. The van der Waals surface area contributed by atoms with Gasteiger partial charge in [0, 0.05) is 21.8 Å². The fourth-order valence-electron chi connectivity index (χ4n) is 2.99. The lowest BCUT2D eigenvalue weighted by Gasteiger charge is -2.14. The summed E-state index contributed by atoms with van der Waals surface area (Å²) in [6.07, 6.45) is 1.38. The summed E-state index contributed by atoms with van der Waals surface area (Å²) < 4.78 is 11.3. The minimum atomic E-state index is -0.895. The van der Waals surface area contributed by atoms with Gasteiger partial charge in [0.2, 0.25) is 0 Å². The van der Waals surface area contributed by atoms with Crippen LogP contribution in [-0.4, -0.2) is 25.1 Å². The number of benzene rings is 3. The van der Waals surface area contributed by atoms with E-state index in [1.807, 2.05) is 38.1 Å². The number of carbonyl (C=O) groups is 2. The van der Waals surface area contributed by atoms with Crippen LogP contribution >= 0.6 is 11.6 Å². The third kappa shape index (κ3) is 6.11. The molecular formula is C25H24ClN3O4. The Morgan fingerprint density at radius 3 is 2.52 bits per heavy atom. The van der Waals surface area contributed by atoms with Gasteiger partial charge in [0.1, 0.15) is 6.61 Å². The van der Waals surface area contributed by atoms with Crippen LogP contribution in [0.3, 0.4) is 0 Å². The van der Waals surface area contributed by atoms with Crippen LogP contribution in [-0.2, 0) is 16.2 Å². The van der Waals surface area contributed by atoms with Gasteiger partial charge in [0.15, 0.2) is 11.5 Å². The van der Waals surface area contributed by atoms with Crippen LogP contribution < -0.4 is 20.2 Å². The van der Waals surface area contributed by atoms with Gasteiger partial charge < -0.3 is 14.8 Å². The molecule has 0 spiro atoms. The number of carbonyl (C=O) groups excluding carboxylic acids is 2. The van der Waals surface area contributed by atoms with Crippen molar-refractivity contribution in [1.29, 1.82) is 0 Å². The number of hydrogen-bond acceptors (Lipinski definition) is 5. The van der Waals surface area contributed by atoms with Gasteiger partial charge in [-0.05, 0) is 49.2 Å². The molecule has 0 fully saturated rings. The highest BCUT2D eigenvalue weighted by molar-refractivity contribution is 6.39. The average molecular weight is 466 g/mol. The zero-order chi connectivity index (χ0) is 23.8. The number of aryl methyl sites for hydroxylation is 1. The Morgan fingerprint density at radius 2 is 1.76 bits per heavy atom. The van der Waals surface area contributed by atoms with Crippen LogP contribution in [0.5, 0.6) is 11.5 Å². The number of halogens is 1. The molecule has 3 aromatic carbocycles. The highest BCUT2D eigenvalue weighted by Crippen LogP contribution is 2.31. The van der Waals surface area contributed by atoms with Crippen molar-refractivity contribution >= 4 is 35.3 Å². The Kier molecular flexibility index (Phi) is 8.05. The second-order valence-electron chi connectivity index (χ2n) is 7.16. The van der Waals surface area contributed by atoms with Crippen LogP contribution in [0.4, 0.5) is 5.69 Å². The van der Waals surface area contributed by atoms with Crippen LogP contribution in [0.1, 0.15) is 22.3 Å². The molecule has 0 aromatic heterocycles. The van der Waals surface area contributed by atoms with Crippen molar-refractivity contribution in [3.05, 3.63) is 87.9 Å².